The molecule has 0 amide bonds. The van der Waals surface area contributed by atoms with Crippen LogP contribution in [0.5, 0.6) is 17.2 Å². The van der Waals surface area contributed by atoms with Gasteiger partial charge < -0.3 is 24.6 Å². The van der Waals surface area contributed by atoms with Gasteiger partial charge in [0, 0.05) is 31.1 Å². The molecule has 0 aliphatic carbocycles. The van der Waals surface area contributed by atoms with Gasteiger partial charge in [0.1, 0.15) is 17.2 Å². The van der Waals surface area contributed by atoms with Crippen molar-refractivity contribution in [3.05, 3.63) is 66.5 Å². The van der Waals surface area contributed by atoms with E-state index < -0.39 is 6.36 Å². The number of aryl methyl sites for hydroxylation is 1. The minimum absolute atomic E-state index is 0.306. The normalized spacial score (nSPS) is 11.8. The molecule has 11 heteroatoms. The zero-order chi connectivity index (χ0) is 22.7. The molecule has 0 atom stereocenters. The minimum atomic E-state index is -4.74. The predicted molar refractivity (Wildman–Crippen MR) is 111 cm³/mol. The second kappa shape index (κ2) is 8.46. The Balaban J connectivity index is 1.53. The molecule has 4 aromatic rings. The van der Waals surface area contributed by atoms with Crippen molar-refractivity contribution in [3.63, 3.8) is 0 Å². The van der Waals surface area contributed by atoms with Crippen molar-refractivity contribution < 1.29 is 27.9 Å². The second-order valence-electron chi connectivity index (χ2n) is 6.61. The predicted octanol–water partition coefficient (Wildman–Crippen LogP) is 5.21. The highest BCUT2D eigenvalue weighted by atomic mass is 19.4. The van der Waals surface area contributed by atoms with E-state index in [1.807, 2.05) is 17.7 Å². The Morgan fingerprint density at radius 2 is 1.75 bits per heavy atom. The van der Waals surface area contributed by atoms with Crippen LogP contribution in [0, 0.1) is 0 Å². The van der Waals surface area contributed by atoms with E-state index in [2.05, 4.69) is 25.2 Å². The Labute approximate surface area is 179 Å². The van der Waals surface area contributed by atoms with Gasteiger partial charge in [0.15, 0.2) is 0 Å². The lowest BCUT2D eigenvalue weighted by molar-refractivity contribution is -0.274. The number of imidazole rings is 1. The Morgan fingerprint density at radius 3 is 2.47 bits per heavy atom. The lowest BCUT2D eigenvalue weighted by Crippen LogP contribution is -2.17. The number of ether oxygens (including phenoxy) is 2. The highest BCUT2D eigenvalue weighted by molar-refractivity contribution is 5.81. The Bertz CT molecular complexity index is 1270. The summed E-state index contributed by atoms with van der Waals surface area (Å²) >= 11 is 0. The molecule has 0 aliphatic heterocycles. The molecule has 0 unspecified atom stereocenters. The van der Waals surface area contributed by atoms with E-state index in [1.54, 1.807) is 24.3 Å². The van der Waals surface area contributed by atoms with Crippen molar-refractivity contribution in [2.45, 2.75) is 6.36 Å². The number of hydrogen-bond donors (Lipinski definition) is 2. The zero-order valence-corrected chi connectivity index (χ0v) is 16.5. The van der Waals surface area contributed by atoms with Gasteiger partial charge in [0.2, 0.25) is 5.95 Å². The van der Waals surface area contributed by atoms with Gasteiger partial charge in [0.05, 0.1) is 22.9 Å². The van der Waals surface area contributed by atoms with E-state index in [-0.39, 0.29) is 5.75 Å². The van der Waals surface area contributed by atoms with Crippen LogP contribution in [0.4, 0.5) is 24.8 Å². The van der Waals surface area contributed by atoms with Crippen molar-refractivity contribution in [2.75, 3.05) is 5.32 Å². The van der Waals surface area contributed by atoms with Gasteiger partial charge >= 0.3 is 6.36 Å². The van der Waals surface area contributed by atoms with Gasteiger partial charge in [-0.1, -0.05) is 5.16 Å². The zero-order valence-electron chi connectivity index (χ0n) is 16.5. The van der Waals surface area contributed by atoms with Gasteiger partial charge in [-0.3, -0.25) is 4.98 Å². The first kappa shape index (κ1) is 21.0. The van der Waals surface area contributed by atoms with Gasteiger partial charge in [-0.15, -0.1) is 13.2 Å². The molecule has 0 aliphatic rings. The first-order valence-corrected chi connectivity index (χ1v) is 9.21. The molecule has 2 aromatic heterocycles. The third kappa shape index (κ3) is 4.89. The number of nitrogens with one attached hydrogen (secondary N) is 1. The van der Waals surface area contributed by atoms with Crippen LogP contribution in [0.15, 0.2) is 65.9 Å². The number of oxime groups is 1. The van der Waals surface area contributed by atoms with E-state index in [0.717, 1.165) is 5.52 Å². The highest BCUT2D eigenvalue weighted by Gasteiger charge is 2.30. The lowest BCUT2D eigenvalue weighted by atomic mass is 10.3. The van der Waals surface area contributed by atoms with Gasteiger partial charge in [-0.25, -0.2) is 4.98 Å². The topological polar surface area (TPSA) is 93.8 Å². The number of aromatic nitrogens is 3. The molecule has 2 aromatic carbocycles. The van der Waals surface area contributed by atoms with Crippen molar-refractivity contribution in [3.8, 4) is 17.2 Å². The molecule has 164 valence electrons. The number of halogens is 3. The third-order valence-electron chi connectivity index (χ3n) is 4.37. The molecule has 2 N–H and O–H groups in total. The van der Waals surface area contributed by atoms with Crippen LogP contribution in [0.2, 0.25) is 0 Å². The lowest BCUT2D eigenvalue weighted by Gasteiger charge is -2.10. The van der Waals surface area contributed by atoms with Crippen LogP contribution in [0.3, 0.4) is 0 Å². The molecule has 0 radical (unpaired) electrons. The van der Waals surface area contributed by atoms with Crippen LogP contribution in [-0.2, 0) is 7.05 Å². The minimum Gasteiger partial charge on any atom is -0.457 e. The standard InChI is InChI=1S/C21H16F3N5O3/c1-29-19-7-6-16(31-17-8-9-25-14(10-17)12-26-30)11-18(19)28-20(29)27-13-2-4-15(5-3-13)32-21(22,23)24/h2-12,30H,1H3,(H,27,28)/b26-12+. The second-order valence-corrected chi connectivity index (χ2v) is 6.61. The van der Waals surface area contributed by atoms with Crippen molar-refractivity contribution >= 4 is 28.9 Å². The van der Waals surface area contributed by atoms with Crippen LogP contribution >= 0.6 is 0 Å². The van der Waals surface area contributed by atoms with E-state index >= 15 is 0 Å². The van der Waals surface area contributed by atoms with Crippen LogP contribution in [0.25, 0.3) is 11.0 Å². The number of hydrogen-bond acceptors (Lipinski definition) is 7. The molecule has 4 rings (SSSR count). The summed E-state index contributed by atoms with van der Waals surface area (Å²) in [6, 6.07) is 14.0. The van der Waals surface area contributed by atoms with E-state index in [4.69, 9.17) is 9.94 Å². The number of anilines is 2. The maximum Gasteiger partial charge on any atom is 0.573 e. The first-order valence-electron chi connectivity index (χ1n) is 9.21. The highest BCUT2D eigenvalue weighted by Crippen LogP contribution is 2.29. The van der Waals surface area contributed by atoms with Crippen LogP contribution < -0.4 is 14.8 Å². The monoisotopic (exact) mass is 443 g/mol. The summed E-state index contributed by atoms with van der Waals surface area (Å²) in [6.07, 6.45) is -2.02. The first-order chi connectivity index (χ1) is 15.3. The third-order valence-corrected chi connectivity index (χ3v) is 4.37. The summed E-state index contributed by atoms with van der Waals surface area (Å²) in [5, 5.41) is 14.6. The number of alkyl halides is 3. The molecule has 0 saturated heterocycles. The van der Waals surface area contributed by atoms with Gasteiger partial charge in [0.25, 0.3) is 0 Å². The summed E-state index contributed by atoms with van der Waals surface area (Å²) in [5.41, 5.74) is 2.45. The summed E-state index contributed by atoms with van der Waals surface area (Å²) < 4.78 is 48.4. The smallest absolute Gasteiger partial charge is 0.457 e. The fourth-order valence-corrected chi connectivity index (χ4v) is 2.98. The number of benzene rings is 2. The van der Waals surface area contributed by atoms with Crippen LogP contribution in [-0.4, -0.2) is 32.3 Å². The van der Waals surface area contributed by atoms with Crippen molar-refractivity contribution in [2.24, 2.45) is 12.2 Å². The summed E-state index contributed by atoms with van der Waals surface area (Å²) in [5.74, 6) is 1.23. The van der Waals surface area contributed by atoms with E-state index in [9.17, 15) is 13.2 Å². The number of pyridine rings is 1. The van der Waals surface area contributed by atoms with Crippen molar-refractivity contribution in [1.29, 1.82) is 0 Å². The maximum absolute atomic E-state index is 12.3. The summed E-state index contributed by atoms with van der Waals surface area (Å²) in [4.78, 5) is 8.55. The molecule has 0 saturated carbocycles. The molecule has 0 bridgehead atoms. The maximum atomic E-state index is 12.3. The SMILES string of the molecule is Cn1c(Nc2ccc(OC(F)(F)F)cc2)nc2cc(Oc3ccnc(/C=N/O)c3)ccc21. The fraction of sp³-hybridized carbons (Fsp3) is 0.0952. The molecule has 0 fully saturated rings. The molecule has 2 heterocycles. The van der Waals surface area contributed by atoms with Crippen molar-refractivity contribution in [1.82, 2.24) is 14.5 Å². The average Bonchev–Trinajstić information content (AvgIpc) is 3.04. The summed E-state index contributed by atoms with van der Waals surface area (Å²) in [6.45, 7) is 0. The largest absolute Gasteiger partial charge is 0.573 e. The van der Waals surface area contributed by atoms with Crippen LogP contribution in [0.1, 0.15) is 5.69 Å². The molecular weight excluding hydrogens is 427 g/mol. The van der Waals surface area contributed by atoms with Gasteiger partial charge in [-0.05, 0) is 42.5 Å². The number of rotatable bonds is 6. The number of fused-ring (bicyclic) bond motifs is 1. The quantitative estimate of drug-likeness (QED) is 0.241. The average molecular weight is 443 g/mol. The summed E-state index contributed by atoms with van der Waals surface area (Å²) in [7, 11) is 1.81. The Morgan fingerprint density at radius 1 is 1.03 bits per heavy atom. The Kier molecular flexibility index (Phi) is 5.54. The molecule has 32 heavy (non-hydrogen) atoms. The Hall–Kier alpha value is -4.28. The van der Waals surface area contributed by atoms with E-state index in [0.29, 0.717) is 34.3 Å². The number of nitrogens with zero attached hydrogens (tertiary/aromatic N) is 4. The van der Waals surface area contributed by atoms with E-state index in [1.165, 1.54) is 36.7 Å². The molecule has 0 spiro atoms. The molecular formula is C21H16F3N5O3. The van der Waals surface area contributed by atoms with Gasteiger partial charge in [-0.2, -0.15) is 0 Å². The fourth-order valence-electron chi connectivity index (χ4n) is 2.98. The molecule has 8 nitrogen and oxygen atoms in total.